The first-order chi connectivity index (χ1) is 14.9. The molecule has 1 aliphatic heterocycles. The maximum Gasteiger partial charge on any atom is 0.407 e. The summed E-state index contributed by atoms with van der Waals surface area (Å²) in [4.78, 5) is 26.4. The van der Waals surface area contributed by atoms with E-state index >= 15 is 0 Å². The van der Waals surface area contributed by atoms with Crippen molar-refractivity contribution in [3.63, 3.8) is 0 Å². The van der Waals surface area contributed by atoms with Crippen LogP contribution >= 0.6 is 0 Å². The van der Waals surface area contributed by atoms with Gasteiger partial charge in [0.05, 0.1) is 6.61 Å². The summed E-state index contributed by atoms with van der Waals surface area (Å²) in [5.74, 6) is 0.700. The van der Waals surface area contributed by atoms with Gasteiger partial charge in [0, 0.05) is 44.8 Å². The fourth-order valence-corrected chi connectivity index (χ4v) is 3.53. The van der Waals surface area contributed by atoms with Crippen molar-refractivity contribution in [1.82, 2.24) is 15.1 Å². The number of β-amino-alcohol motifs (C(OH)–C–C–N with tert-alkyl or cyclic N) is 1. The number of piperazine rings is 1. The van der Waals surface area contributed by atoms with Gasteiger partial charge >= 0.3 is 12.1 Å². The summed E-state index contributed by atoms with van der Waals surface area (Å²) in [6.45, 7) is 9.46. The zero-order valence-corrected chi connectivity index (χ0v) is 18.2. The SMILES string of the molecule is C=CCc1c(CCNC(=O)OCC)cccc1OCC(O)CN1CCN(C(N)=O)CC1. The Balaban J connectivity index is 1.88. The maximum absolute atomic E-state index is 11.5. The molecule has 172 valence electrons. The van der Waals surface area contributed by atoms with E-state index in [1.54, 1.807) is 17.9 Å². The van der Waals surface area contributed by atoms with Gasteiger partial charge in [-0.05, 0) is 31.4 Å². The minimum absolute atomic E-state index is 0.157. The van der Waals surface area contributed by atoms with E-state index in [-0.39, 0.29) is 6.61 Å². The van der Waals surface area contributed by atoms with E-state index in [0.29, 0.717) is 64.5 Å². The van der Waals surface area contributed by atoms with Crippen LogP contribution in [-0.4, -0.2) is 85.6 Å². The Kier molecular flexibility index (Phi) is 10.1. The zero-order chi connectivity index (χ0) is 22.6. The molecule has 0 aliphatic carbocycles. The monoisotopic (exact) mass is 434 g/mol. The van der Waals surface area contributed by atoms with E-state index in [1.165, 1.54) is 0 Å². The number of benzene rings is 1. The lowest BCUT2D eigenvalue weighted by Crippen LogP contribution is -2.52. The van der Waals surface area contributed by atoms with Crippen molar-refractivity contribution < 1.29 is 24.2 Å². The molecule has 4 N–H and O–H groups in total. The first-order valence-corrected chi connectivity index (χ1v) is 10.6. The quantitative estimate of drug-likeness (QED) is 0.450. The Labute approximate surface area is 183 Å². The molecule has 0 aromatic heterocycles. The third-order valence-electron chi connectivity index (χ3n) is 5.10. The molecule has 9 nitrogen and oxygen atoms in total. The van der Waals surface area contributed by atoms with Crippen LogP contribution < -0.4 is 15.8 Å². The number of aliphatic hydroxyl groups excluding tert-OH is 1. The van der Waals surface area contributed by atoms with Crippen LogP contribution in [0, 0.1) is 0 Å². The highest BCUT2D eigenvalue weighted by Crippen LogP contribution is 2.24. The number of primary amides is 1. The van der Waals surface area contributed by atoms with E-state index in [1.807, 2.05) is 18.2 Å². The van der Waals surface area contributed by atoms with Crippen LogP contribution in [0.2, 0.25) is 0 Å². The molecule has 31 heavy (non-hydrogen) atoms. The van der Waals surface area contributed by atoms with E-state index in [2.05, 4.69) is 16.8 Å². The Morgan fingerprint density at radius 3 is 2.71 bits per heavy atom. The van der Waals surface area contributed by atoms with Crippen LogP contribution in [0.4, 0.5) is 9.59 Å². The molecule has 1 aromatic rings. The Morgan fingerprint density at radius 2 is 2.06 bits per heavy atom. The standard InChI is InChI=1S/C22H34N4O5/c1-3-6-19-17(9-10-24-22(29)30-4-2)7-5-8-20(19)31-16-18(27)15-25-11-13-26(14-12-25)21(23)28/h3,5,7-8,18,27H,1,4,6,9-16H2,2H3,(H2,23,28)(H,24,29). The second-order valence-corrected chi connectivity index (χ2v) is 7.37. The summed E-state index contributed by atoms with van der Waals surface area (Å²) in [7, 11) is 0. The molecule has 3 amide bonds. The number of nitrogens with zero attached hydrogens (tertiary/aromatic N) is 2. The lowest BCUT2D eigenvalue weighted by atomic mass is 10.0. The molecule has 1 aromatic carbocycles. The molecule has 1 aliphatic rings. The number of aliphatic hydroxyl groups is 1. The van der Waals surface area contributed by atoms with E-state index in [9.17, 15) is 14.7 Å². The number of carbonyl (C=O) groups is 2. The van der Waals surface area contributed by atoms with Gasteiger partial charge < -0.3 is 30.5 Å². The van der Waals surface area contributed by atoms with Crippen molar-refractivity contribution in [1.29, 1.82) is 0 Å². The number of rotatable bonds is 11. The molecule has 0 radical (unpaired) electrons. The van der Waals surface area contributed by atoms with E-state index < -0.39 is 18.2 Å². The number of hydrogen-bond acceptors (Lipinski definition) is 6. The maximum atomic E-state index is 11.5. The number of nitrogens with one attached hydrogen (secondary N) is 1. The third-order valence-corrected chi connectivity index (χ3v) is 5.10. The zero-order valence-electron chi connectivity index (χ0n) is 18.2. The second-order valence-electron chi connectivity index (χ2n) is 7.37. The van der Waals surface area contributed by atoms with Gasteiger partial charge in [-0.2, -0.15) is 0 Å². The molecule has 1 atom stereocenters. The number of ether oxygens (including phenoxy) is 2. The normalized spacial score (nSPS) is 15.2. The summed E-state index contributed by atoms with van der Waals surface area (Å²) in [6, 6.07) is 5.36. The smallest absolute Gasteiger partial charge is 0.407 e. The molecule has 2 rings (SSSR count). The molecule has 0 saturated carbocycles. The number of nitrogens with two attached hydrogens (primary N) is 1. The Hall–Kier alpha value is -2.78. The lowest BCUT2D eigenvalue weighted by molar-refractivity contribution is 0.0520. The number of carbonyl (C=O) groups excluding carboxylic acids is 2. The average Bonchev–Trinajstić information content (AvgIpc) is 2.74. The van der Waals surface area contributed by atoms with Gasteiger partial charge in [0.25, 0.3) is 0 Å². The Bertz CT molecular complexity index is 735. The van der Waals surface area contributed by atoms with Crippen molar-refractivity contribution in [2.45, 2.75) is 25.9 Å². The van der Waals surface area contributed by atoms with Crippen molar-refractivity contribution in [3.05, 3.63) is 42.0 Å². The molecular weight excluding hydrogens is 400 g/mol. The number of amides is 3. The first kappa shape index (κ1) is 24.5. The van der Waals surface area contributed by atoms with Crippen LogP contribution in [-0.2, 0) is 17.6 Å². The first-order valence-electron chi connectivity index (χ1n) is 10.6. The molecule has 9 heteroatoms. The second kappa shape index (κ2) is 12.8. The fraction of sp³-hybridized carbons (Fsp3) is 0.545. The minimum atomic E-state index is -0.661. The van der Waals surface area contributed by atoms with Crippen LogP contribution in [0.3, 0.4) is 0 Å². The van der Waals surface area contributed by atoms with E-state index in [4.69, 9.17) is 15.2 Å². The summed E-state index contributed by atoms with van der Waals surface area (Å²) in [5.41, 5.74) is 7.34. The topological polar surface area (TPSA) is 117 Å². The number of urea groups is 1. The lowest BCUT2D eigenvalue weighted by Gasteiger charge is -2.34. The third kappa shape index (κ3) is 8.10. The van der Waals surface area contributed by atoms with Crippen LogP contribution in [0.25, 0.3) is 0 Å². The predicted octanol–water partition coefficient (Wildman–Crippen LogP) is 1.14. The molecule has 1 heterocycles. The van der Waals surface area contributed by atoms with Crippen molar-refractivity contribution in [2.24, 2.45) is 5.73 Å². The largest absolute Gasteiger partial charge is 0.491 e. The van der Waals surface area contributed by atoms with Crippen LogP contribution in [0.15, 0.2) is 30.9 Å². The van der Waals surface area contributed by atoms with Gasteiger partial charge in [0.1, 0.15) is 18.5 Å². The van der Waals surface area contributed by atoms with Gasteiger partial charge in [-0.25, -0.2) is 9.59 Å². The number of hydrogen-bond donors (Lipinski definition) is 3. The Morgan fingerprint density at radius 1 is 1.32 bits per heavy atom. The van der Waals surface area contributed by atoms with Crippen molar-refractivity contribution >= 4 is 12.1 Å². The highest BCUT2D eigenvalue weighted by Gasteiger charge is 2.21. The predicted molar refractivity (Wildman–Crippen MR) is 118 cm³/mol. The minimum Gasteiger partial charge on any atom is -0.491 e. The molecule has 0 bridgehead atoms. The number of alkyl carbamates (subject to hydrolysis) is 1. The summed E-state index contributed by atoms with van der Waals surface area (Å²) < 4.78 is 10.8. The number of allylic oxidation sites excluding steroid dienone is 1. The highest BCUT2D eigenvalue weighted by atomic mass is 16.5. The molecular formula is C22H34N4O5. The molecule has 0 spiro atoms. The van der Waals surface area contributed by atoms with Crippen LogP contribution in [0.1, 0.15) is 18.1 Å². The summed E-state index contributed by atoms with van der Waals surface area (Å²) >= 11 is 0. The fourth-order valence-electron chi connectivity index (χ4n) is 3.53. The average molecular weight is 435 g/mol. The highest BCUT2D eigenvalue weighted by molar-refractivity contribution is 5.72. The molecule has 1 fully saturated rings. The van der Waals surface area contributed by atoms with Gasteiger partial charge in [0.15, 0.2) is 0 Å². The summed E-state index contributed by atoms with van der Waals surface area (Å²) in [5, 5.41) is 13.1. The van der Waals surface area contributed by atoms with Crippen LogP contribution in [0.5, 0.6) is 5.75 Å². The van der Waals surface area contributed by atoms with Crippen molar-refractivity contribution in [2.75, 3.05) is 52.5 Å². The van der Waals surface area contributed by atoms with E-state index in [0.717, 1.165) is 11.1 Å². The molecule has 1 saturated heterocycles. The summed E-state index contributed by atoms with van der Waals surface area (Å²) in [6.07, 6.45) is 1.96. The van der Waals surface area contributed by atoms with Crippen molar-refractivity contribution in [3.8, 4) is 5.75 Å². The van der Waals surface area contributed by atoms with Gasteiger partial charge in [-0.1, -0.05) is 18.2 Å². The van der Waals surface area contributed by atoms with Gasteiger partial charge in [0.2, 0.25) is 0 Å². The van der Waals surface area contributed by atoms with Gasteiger partial charge in [-0.3, -0.25) is 4.90 Å². The molecule has 1 unspecified atom stereocenters. The van der Waals surface area contributed by atoms with Gasteiger partial charge in [-0.15, -0.1) is 6.58 Å².